The van der Waals surface area contributed by atoms with Crippen LogP contribution in [0, 0.1) is 12.7 Å². The van der Waals surface area contributed by atoms with Crippen LogP contribution in [0.2, 0.25) is 0 Å². The molecule has 0 radical (unpaired) electrons. The number of hydrogen-bond donors (Lipinski definition) is 0. The van der Waals surface area contributed by atoms with Gasteiger partial charge in [0.05, 0.1) is 0 Å². The largest absolute Gasteiger partial charge is 0.453 e. The van der Waals surface area contributed by atoms with Crippen LogP contribution in [0.1, 0.15) is 21.7 Å². The molecule has 4 heteroatoms. The average molecular weight is 347 g/mol. The number of halogens is 2. The van der Waals surface area contributed by atoms with Crippen LogP contribution in [-0.4, -0.2) is 5.78 Å². The molecular weight excluding hydrogens is 335 g/mol. The fraction of sp³-hybridized carbons (Fsp3) is 0.118. The van der Waals surface area contributed by atoms with Gasteiger partial charge in [-0.25, -0.2) is 4.39 Å². The number of furan rings is 1. The van der Waals surface area contributed by atoms with Gasteiger partial charge in [0, 0.05) is 16.3 Å². The minimum Gasteiger partial charge on any atom is -0.453 e. The number of Topliss-reactive ketones (excluding diaryl/α,β-unsaturated/α-hetero) is 1. The summed E-state index contributed by atoms with van der Waals surface area (Å²) >= 11 is 3.22. The Hall–Kier alpha value is -1.94. The van der Waals surface area contributed by atoms with Crippen molar-refractivity contribution in [2.75, 3.05) is 0 Å². The summed E-state index contributed by atoms with van der Waals surface area (Å²) in [5, 5.41) is 0.902. The number of benzene rings is 2. The third-order valence-electron chi connectivity index (χ3n) is 3.23. The minimum atomic E-state index is -0.368. The normalized spacial score (nSPS) is 11.0. The highest BCUT2D eigenvalue weighted by Crippen LogP contribution is 2.22. The van der Waals surface area contributed by atoms with Crippen molar-refractivity contribution in [1.29, 1.82) is 0 Å². The van der Waals surface area contributed by atoms with E-state index >= 15 is 0 Å². The summed E-state index contributed by atoms with van der Waals surface area (Å²) in [6, 6.07) is 11.9. The zero-order valence-electron chi connectivity index (χ0n) is 11.3. The Morgan fingerprint density at radius 1 is 1.19 bits per heavy atom. The number of carbonyl (C=O) groups excluding carboxylic acids is 1. The van der Waals surface area contributed by atoms with E-state index in [1.54, 1.807) is 12.1 Å². The standard InChI is InChI=1S/C17H12BrFO2/c1-10-2-3-16-12(4-10)8-17(21-16)15(20)7-11-5-13(18)9-14(19)6-11/h2-6,8-9H,7H2,1H3. The van der Waals surface area contributed by atoms with Gasteiger partial charge < -0.3 is 4.42 Å². The van der Waals surface area contributed by atoms with Gasteiger partial charge in [-0.1, -0.05) is 27.6 Å². The van der Waals surface area contributed by atoms with Crippen LogP contribution in [-0.2, 0) is 6.42 Å². The molecule has 2 aromatic carbocycles. The van der Waals surface area contributed by atoms with Gasteiger partial charge in [-0.2, -0.15) is 0 Å². The van der Waals surface area contributed by atoms with Gasteiger partial charge >= 0.3 is 0 Å². The quantitative estimate of drug-likeness (QED) is 0.620. The molecule has 3 aromatic rings. The first-order valence-corrected chi connectivity index (χ1v) is 7.29. The zero-order valence-corrected chi connectivity index (χ0v) is 12.9. The van der Waals surface area contributed by atoms with Crippen LogP contribution in [0.3, 0.4) is 0 Å². The van der Waals surface area contributed by atoms with Gasteiger partial charge in [-0.05, 0) is 48.9 Å². The predicted molar refractivity (Wildman–Crippen MR) is 83.1 cm³/mol. The molecule has 0 fully saturated rings. The highest BCUT2D eigenvalue weighted by Gasteiger charge is 2.14. The van der Waals surface area contributed by atoms with E-state index < -0.39 is 0 Å². The van der Waals surface area contributed by atoms with Crippen molar-refractivity contribution in [1.82, 2.24) is 0 Å². The van der Waals surface area contributed by atoms with Gasteiger partial charge in [0.15, 0.2) is 5.76 Å². The van der Waals surface area contributed by atoms with Crippen molar-refractivity contribution in [3.05, 3.63) is 69.6 Å². The fourth-order valence-corrected chi connectivity index (χ4v) is 2.80. The fourth-order valence-electron chi connectivity index (χ4n) is 2.29. The van der Waals surface area contributed by atoms with Crippen molar-refractivity contribution in [2.45, 2.75) is 13.3 Å². The highest BCUT2D eigenvalue weighted by atomic mass is 79.9. The lowest BCUT2D eigenvalue weighted by Crippen LogP contribution is -2.02. The molecule has 0 aliphatic heterocycles. The molecule has 0 aliphatic rings. The maximum Gasteiger partial charge on any atom is 0.202 e. The van der Waals surface area contributed by atoms with Crippen molar-refractivity contribution in [3.63, 3.8) is 0 Å². The first-order valence-electron chi connectivity index (χ1n) is 6.49. The minimum absolute atomic E-state index is 0.106. The molecule has 21 heavy (non-hydrogen) atoms. The predicted octanol–water partition coefficient (Wildman–Crippen LogP) is 5.07. The average Bonchev–Trinajstić information content (AvgIpc) is 2.80. The van der Waals surface area contributed by atoms with Crippen molar-refractivity contribution >= 4 is 32.7 Å². The van der Waals surface area contributed by atoms with Crippen LogP contribution in [0.4, 0.5) is 4.39 Å². The Balaban J connectivity index is 1.89. The zero-order chi connectivity index (χ0) is 15.0. The van der Waals surface area contributed by atoms with Crippen molar-refractivity contribution in [2.24, 2.45) is 0 Å². The molecule has 0 saturated carbocycles. The number of rotatable bonds is 3. The van der Waals surface area contributed by atoms with E-state index in [1.165, 1.54) is 12.1 Å². The third kappa shape index (κ3) is 3.05. The summed E-state index contributed by atoms with van der Waals surface area (Å²) in [5.74, 6) is -0.232. The van der Waals surface area contributed by atoms with Crippen LogP contribution < -0.4 is 0 Å². The Morgan fingerprint density at radius 2 is 2.00 bits per heavy atom. The molecule has 0 atom stereocenters. The van der Waals surface area contributed by atoms with Gasteiger partial charge in [-0.15, -0.1) is 0 Å². The number of carbonyl (C=O) groups is 1. The summed E-state index contributed by atoms with van der Waals surface area (Å²) in [7, 11) is 0. The Bertz CT molecular complexity index is 816. The molecule has 1 aromatic heterocycles. The van der Waals surface area contributed by atoms with Crippen LogP contribution in [0.25, 0.3) is 11.0 Å². The molecule has 0 amide bonds. The maximum absolute atomic E-state index is 13.3. The summed E-state index contributed by atoms with van der Waals surface area (Å²) in [4.78, 5) is 12.3. The second-order valence-corrected chi connectivity index (χ2v) is 5.95. The van der Waals surface area contributed by atoms with Crippen LogP contribution >= 0.6 is 15.9 Å². The summed E-state index contributed by atoms with van der Waals surface area (Å²) < 4.78 is 19.5. The number of fused-ring (bicyclic) bond motifs is 1. The van der Waals surface area contributed by atoms with Crippen molar-refractivity contribution in [3.8, 4) is 0 Å². The molecular formula is C17H12BrFO2. The lowest BCUT2D eigenvalue weighted by Gasteiger charge is -2.00. The molecule has 0 unspecified atom stereocenters. The molecule has 0 spiro atoms. The number of hydrogen-bond acceptors (Lipinski definition) is 2. The van der Waals surface area contributed by atoms with E-state index in [1.807, 2.05) is 25.1 Å². The van der Waals surface area contributed by atoms with Gasteiger partial charge in [-0.3, -0.25) is 4.79 Å². The number of aryl methyl sites for hydroxylation is 1. The van der Waals surface area contributed by atoms with E-state index in [4.69, 9.17) is 4.42 Å². The summed E-state index contributed by atoms with van der Waals surface area (Å²) in [5.41, 5.74) is 2.41. The topological polar surface area (TPSA) is 30.2 Å². The second-order valence-electron chi connectivity index (χ2n) is 5.03. The molecule has 106 valence electrons. The molecule has 1 heterocycles. The van der Waals surface area contributed by atoms with Gasteiger partial charge in [0.1, 0.15) is 11.4 Å². The second kappa shape index (κ2) is 5.45. The van der Waals surface area contributed by atoms with Gasteiger partial charge in [0.2, 0.25) is 5.78 Å². The maximum atomic E-state index is 13.3. The van der Waals surface area contributed by atoms with Crippen LogP contribution in [0.15, 0.2) is 51.4 Å². The molecule has 0 saturated heterocycles. The highest BCUT2D eigenvalue weighted by molar-refractivity contribution is 9.10. The molecule has 0 bridgehead atoms. The first-order chi connectivity index (χ1) is 10.0. The SMILES string of the molecule is Cc1ccc2oc(C(=O)Cc3cc(F)cc(Br)c3)cc2c1. The molecule has 0 aliphatic carbocycles. The monoisotopic (exact) mass is 346 g/mol. The molecule has 3 rings (SSSR count). The summed E-state index contributed by atoms with van der Waals surface area (Å²) in [6.07, 6.45) is 0.106. The van der Waals surface area contributed by atoms with E-state index in [2.05, 4.69) is 15.9 Å². The Morgan fingerprint density at radius 3 is 2.76 bits per heavy atom. The smallest absolute Gasteiger partial charge is 0.202 e. The lowest BCUT2D eigenvalue weighted by molar-refractivity contribution is 0.0968. The Labute approximate surface area is 129 Å². The van der Waals surface area contributed by atoms with E-state index in [0.29, 0.717) is 21.4 Å². The lowest BCUT2D eigenvalue weighted by atomic mass is 10.1. The van der Waals surface area contributed by atoms with E-state index in [0.717, 1.165) is 10.9 Å². The van der Waals surface area contributed by atoms with Crippen molar-refractivity contribution < 1.29 is 13.6 Å². The molecule has 0 N–H and O–H groups in total. The van der Waals surface area contributed by atoms with E-state index in [9.17, 15) is 9.18 Å². The first kappa shape index (κ1) is 14.0. The van der Waals surface area contributed by atoms with E-state index in [-0.39, 0.29) is 18.0 Å². The molecule has 2 nitrogen and oxygen atoms in total. The van der Waals surface area contributed by atoms with Gasteiger partial charge in [0.25, 0.3) is 0 Å². The Kier molecular flexibility index (Phi) is 3.64. The third-order valence-corrected chi connectivity index (χ3v) is 3.69. The summed E-state index contributed by atoms with van der Waals surface area (Å²) in [6.45, 7) is 1.98. The number of ketones is 1. The van der Waals surface area contributed by atoms with Crippen LogP contribution in [0.5, 0.6) is 0 Å².